The Morgan fingerprint density at radius 1 is 1.39 bits per heavy atom. The summed E-state index contributed by atoms with van der Waals surface area (Å²) in [5.41, 5.74) is 1.16. The van der Waals surface area contributed by atoms with Crippen LogP contribution in [0.1, 0.15) is 10.4 Å². The first-order valence-corrected chi connectivity index (χ1v) is 5.53. The van der Waals surface area contributed by atoms with Crippen molar-refractivity contribution in [3.05, 3.63) is 47.1 Å². The molecule has 0 aliphatic heterocycles. The number of methoxy groups -OCH3 is 1. The van der Waals surface area contributed by atoms with Gasteiger partial charge in [0.25, 0.3) is 0 Å². The van der Waals surface area contributed by atoms with Crippen LogP contribution in [0.2, 0.25) is 5.02 Å². The summed E-state index contributed by atoms with van der Waals surface area (Å²) in [6.45, 7) is 0. The molecule has 0 unspecified atom stereocenters. The maximum Gasteiger partial charge on any atom is 0.337 e. The molecule has 4 nitrogen and oxygen atoms in total. The molecular weight excluding hydrogens is 254 g/mol. The molecule has 0 aliphatic carbocycles. The van der Waals surface area contributed by atoms with Gasteiger partial charge in [-0.3, -0.25) is 4.98 Å². The lowest BCUT2D eigenvalue weighted by Gasteiger charge is -2.07. The summed E-state index contributed by atoms with van der Waals surface area (Å²) in [7, 11) is 1.30. The van der Waals surface area contributed by atoms with Gasteiger partial charge in [-0.25, -0.2) is 4.79 Å². The predicted molar refractivity (Wildman–Crippen MR) is 67.7 cm³/mol. The van der Waals surface area contributed by atoms with Crippen LogP contribution < -0.4 is 0 Å². The Labute approximate surface area is 109 Å². The van der Waals surface area contributed by atoms with E-state index in [1.807, 2.05) is 0 Å². The van der Waals surface area contributed by atoms with Crippen molar-refractivity contribution in [1.29, 1.82) is 0 Å². The van der Waals surface area contributed by atoms with Gasteiger partial charge in [-0.1, -0.05) is 11.6 Å². The third-order valence-corrected chi connectivity index (χ3v) is 2.76. The van der Waals surface area contributed by atoms with Gasteiger partial charge in [0.05, 0.1) is 17.7 Å². The van der Waals surface area contributed by atoms with Gasteiger partial charge < -0.3 is 9.84 Å². The molecule has 0 amide bonds. The Hall–Kier alpha value is -2.07. The maximum atomic E-state index is 11.4. The fourth-order valence-electron chi connectivity index (χ4n) is 1.56. The molecule has 0 spiro atoms. The minimum absolute atomic E-state index is 0.00131. The van der Waals surface area contributed by atoms with E-state index in [0.29, 0.717) is 21.8 Å². The molecular formula is C13H10ClNO3. The summed E-state index contributed by atoms with van der Waals surface area (Å²) in [6.07, 6.45) is 1.54. The second-order valence-corrected chi connectivity index (χ2v) is 3.96. The Bertz CT molecular complexity index is 599. The highest BCUT2D eigenvalue weighted by Crippen LogP contribution is 2.32. The number of carbonyl (C=O) groups is 1. The van der Waals surface area contributed by atoms with Gasteiger partial charge in [-0.05, 0) is 30.3 Å². The van der Waals surface area contributed by atoms with Crippen LogP contribution in [0.3, 0.4) is 0 Å². The lowest BCUT2D eigenvalue weighted by molar-refractivity contribution is 0.0601. The quantitative estimate of drug-likeness (QED) is 0.847. The summed E-state index contributed by atoms with van der Waals surface area (Å²) in [5.74, 6) is -0.468. The number of nitrogens with zero attached hydrogens (tertiary/aromatic N) is 1. The Morgan fingerprint density at radius 2 is 2.17 bits per heavy atom. The van der Waals surface area contributed by atoms with E-state index in [0.717, 1.165) is 0 Å². The highest BCUT2D eigenvalue weighted by Gasteiger charge is 2.13. The first-order chi connectivity index (χ1) is 8.63. The second kappa shape index (κ2) is 5.06. The fourth-order valence-corrected chi connectivity index (χ4v) is 1.76. The van der Waals surface area contributed by atoms with Crippen molar-refractivity contribution in [2.24, 2.45) is 0 Å². The van der Waals surface area contributed by atoms with Gasteiger partial charge in [-0.15, -0.1) is 0 Å². The fraction of sp³-hybridized carbons (Fsp3) is 0.0769. The monoisotopic (exact) mass is 263 g/mol. The van der Waals surface area contributed by atoms with Gasteiger partial charge in [-0.2, -0.15) is 0 Å². The molecule has 0 fully saturated rings. The number of esters is 1. The molecule has 0 saturated heterocycles. The number of rotatable bonds is 2. The summed E-state index contributed by atoms with van der Waals surface area (Å²) in [5, 5.41) is 10.1. The molecule has 0 atom stereocenters. The van der Waals surface area contributed by atoms with Crippen LogP contribution in [0.15, 0.2) is 36.5 Å². The number of aromatic hydroxyl groups is 1. The number of pyridine rings is 1. The summed E-state index contributed by atoms with van der Waals surface area (Å²) >= 11 is 6.05. The lowest BCUT2D eigenvalue weighted by Crippen LogP contribution is -2.01. The van der Waals surface area contributed by atoms with E-state index in [1.54, 1.807) is 18.2 Å². The van der Waals surface area contributed by atoms with Crippen molar-refractivity contribution in [2.75, 3.05) is 7.11 Å². The van der Waals surface area contributed by atoms with Crippen molar-refractivity contribution in [1.82, 2.24) is 4.98 Å². The number of halogens is 1. The van der Waals surface area contributed by atoms with Crippen LogP contribution in [0.25, 0.3) is 11.3 Å². The third kappa shape index (κ3) is 2.28. The zero-order chi connectivity index (χ0) is 13.1. The van der Waals surface area contributed by atoms with Gasteiger partial charge >= 0.3 is 5.97 Å². The number of ether oxygens (including phenoxy) is 1. The Morgan fingerprint density at radius 3 is 2.83 bits per heavy atom. The standard InChI is InChI=1S/C13H10ClNO3/c1-18-13(17)8-4-5-10(14)9(7-8)12-11(16)3-2-6-15-12/h2-7,16H,1H3. The summed E-state index contributed by atoms with van der Waals surface area (Å²) in [4.78, 5) is 15.5. The molecule has 2 aromatic rings. The van der Waals surface area contributed by atoms with Crippen molar-refractivity contribution >= 4 is 17.6 Å². The van der Waals surface area contributed by atoms with E-state index in [1.165, 1.54) is 25.4 Å². The zero-order valence-corrected chi connectivity index (χ0v) is 10.3. The van der Waals surface area contributed by atoms with Crippen molar-refractivity contribution in [3.8, 4) is 17.0 Å². The predicted octanol–water partition coefficient (Wildman–Crippen LogP) is 2.89. The van der Waals surface area contributed by atoms with Crippen molar-refractivity contribution in [2.45, 2.75) is 0 Å². The topological polar surface area (TPSA) is 59.4 Å². The van der Waals surface area contributed by atoms with Crippen LogP contribution in [0.5, 0.6) is 5.75 Å². The van der Waals surface area contributed by atoms with Crippen LogP contribution in [-0.4, -0.2) is 23.2 Å². The molecule has 1 aromatic carbocycles. The maximum absolute atomic E-state index is 11.4. The Balaban J connectivity index is 2.57. The average molecular weight is 264 g/mol. The van der Waals surface area contributed by atoms with Gasteiger partial charge in [0.2, 0.25) is 0 Å². The molecule has 1 N–H and O–H groups in total. The van der Waals surface area contributed by atoms with E-state index in [2.05, 4.69) is 9.72 Å². The van der Waals surface area contributed by atoms with Crippen LogP contribution in [-0.2, 0) is 4.74 Å². The van der Waals surface area contributed by atoms with E-state index in [4.69, 9.17) is 11.6 Å². The first-order valence-electron chi connectivity index (χ1n) is 5.15. The number of benzene rings is 1. The lowest BCUT2D eigenvalue weighted by atomic mass is 10.1. The molecule has 92 valence electrons. The third-order valence-electron chi connectivity index (χ3n) is 2.43. The largest absolute Gasteiger partial charge is 0.506 e. The van der Waals surface area contributed by atoms with Crippen molar-refractivity contribution in [3.63, 3.8) is 0 Å². The summed E-state index contributed by atoms with van der Waals surface area (Å²) < 4.78 is 4.63. The molecule has 18 heavy (non-hydrogen) atoms. The van der Waals surface area contributed by atoms with E-state index in [9.17, 15) is 9.90 Å². The molecule has 0 aliphatic rings. The first kappa shape index (κ1) is 12.4. The van der Waals surface area contributed by atoms with Gasteiger partial charge in [0, 0.05) is 11.8 Å². The zero-order valence-electron chi connectivity index (χ0n) is 9.55. The number of carbonyl (C=O) groups excluding carboxylic acids is 1. The Kier molecular flexibility index (Phi) is 3.48. The molecule has 0 radical (unpaired) electrons. The van der Waals surface area contributed by atoms with Crippen LogP contribution in [0.4, 0.5) is 0 Å². The van der Waals surface area contributed by atoms with E-state index >= 15 is 0 Å². The number of hydrogen-bond acceptors (Lipinski definition) is 4. The molecule has 0 bridgehead atoms. The number of hydrogen-bond donors (Lipinski definition) is 1. The summed E-state index contributed by atoms with van der Waals surface area (Å²) in [6, 6.07) is 7.77. The molecule has 5 heteroatoms. The smallest absolute Gasteiger partial charge is 0.337 e. The molecule has 1 heterocycles. The van der Waals surface area contributed by atoms with E-state index < -0.39 is 5.97 Å². The van der Waals surface area contributed by atoms with Gasteiger partial charge in [0.1, 0.15) is 11.4 Å². The van der Waals surface area contributed by atoms with Gasteiger partial charge in [0.15, 0.2) is 0 Å². The second-order valence-electron chi connectivity index (χ2n) is 3.56. The molecule has 1 aromatic heterocycles. The highest BCUT2D eigenvalue weighted by atomic mass is 35.5. The number of aromatic nitrogens is 1. The van der Waals surface area contributed by atoms with Crippen LogP contribution in [0, 0.1) is 0 Å². The van der Waals surface area contributed by atoms with E-state index in [-0.39, 0.29) is 5.75 Å². The SMILES string of the molecule is COC(=O)c1ccc(Cl)c(-c2ncccc2O)c1. The van der Waals surface area contributed by atoms with Crippen LogP contribution >= 0.6 is 11.6 Å². The highest BCUT2D eigenvalue weighted by molar-refractivity contribution is 6.33. The minimum Gasteiger partial charge on any atom is -0.506 e. The van der Waals surface area contributed by atoms with Crippen molar-refractivity contribution < 1.29 is 14.6 Å². The molecule has 2 rings (SSSR count). The minimum atomic E-state index is -0.469. The molecule has 0 saturated carbocycles. The average Bonchev–Trinajstić information content (AvgIpc) is 2.39. The normalized spacial score (nSPS) is 10.1.